The lowest BCUT2D eigenvalue weighted by Gasteiger charge is -2.06. The van der Waals surface area contributed by atoms with Crippen LogP contribution in [-0.4, -0.2) is 17.5 Å². The van der Waals surface area contributed by atoms with E-state index in [9.17, 15) is 14.0 Å². The molecule has 2 rings (SSSR count). The Labute approximate surface area is 108 Å². The summed E-state index contributed by atoms with van der Waals surface area (Å²) in [6.45, 7) is 0. The minimum atomic E-state index is -1.25. The number of hydrogen-bond donors (Lipinski definition) is 2. The summed E-state index contributed by atoms with van der Waals surface area (Å²) < 4.78 is 13.9. The molecular formula is C14H10FNO3. The van der Waals surface area contributed by atoms with Crippen molar-refractivity contribution >= 4 is 18.1 Å². The molecule has 1 amide bonds. The predicted molar refractivity (Wildman–Crippen MR) is 68.9 cm³/mol. The van der Waals surface area contributed by atoms with Crippen LogP contribution in [0.1, 0.15) is 10.4 Å². The van der Waals surface area contributed by atoms with Crippen LogP contribution in [-0.2, 0) is 0 Å². The summed E-state index contributed by atoms with van der Waals surface area (Å²) in [4.78, 5) is 21.0. The predicted octanol–water partition coefficient (Wildman–Crippen LogP) is 3.40. The van der Waals surface area contributed by atoms with Gasteiger partial charge in [-0.05, 0) is 23.8 Å². The van der Waals surface area contributed by atoms with E-state index in [0.717, 1.165) is 6.07 Å². The molecule has 2 aromatic carbocycles. The fourth-order valence-corrected chi connectivity index (χ4v) is 1.69. The number of anilines is 1. The lowest BCUT2D eigenvalue weighted by Crippen LogP contribution is -2.07. The largest absolute Gasteiger partial charge is 0.465 e. The van der Waals surface area contributed by atoms with Crippen molar-refractivity contribution in [3.8, 4) is 11.1 Å². The molecular weight excluding hydrogens is 249 g/mol. The molecule has 5 heteroatoms. The Balaban J connectivity index is 2.34. The van der Waals surface area contributed by atoms with E-state index >= 15 is 0 Å². The summed E-state index contributed by atoms with van der Waals surface area (Å²) in [6.07, 6.45) is -0.539. The Hall–Kier alpha value is -2.69. The van der Waals surface area contributed by atoms with Crippen molar-refractivity contribution in [2.75, 3.05) is 5.32 Å². The van der Waals surface area contributed by atoms with Gasteiger partial charge in [-0.1, -0.05) is 24.3 Å². The molecule has 0 aliphatic heterocycles. The van der Waals surface area contributed by atoms with Crippen LogP contribution in [0.15, 0.2) is 42.5 Å². The van der Waals surface area contributed by atoms with E-state index in [0.29, 0.717) is 23.0 Å². The molecule has 0 fully saturated rings. The summed E-state index contributed by atoms with van der Waals surface area (Å²) in [6, 6.07) is 10.5. The van der Waals surface area contributed by atoms with Gasteiger partial charge in [0, 0.05) is 16.8 Å². The Kier molecular flexibility index (Phi) is 3.56. The molecule has 2 N–H and O–H groups in total. The van der Waals surface area contributed by atoms with Gasteiger partial charge in [0.05, 0.1) is 0 Å². The molecule has 0 spiro atoms. The van der Waals surface area contributed by atoms with E-state index in [4.69, 9.17) is 5.11 Å². The van der Waals surface area contributed by atoms with E-state index in [-0.39, 0.29) is 5.69 Å². The van der Waals surface area contributed by atoms with Crippen molar-refractivity contribution < 1.29 is 19.1 Å². The molecule has 0 radical (unpaired) electrons. The number of amides is 1. The first kappa shape index (κ1) is 12.8. The smallest absolute Gasteiger partial charge is 0.409 e. The highest BCUT2D eigenvalue weighted by Crippen LogP contribution is 2.25. The fourth-order valence-electron chi connectivity index (χ4n) is 1.69. The first-order valence-corrected chi connectivity index (χ1v) is 5.45. The van der Waals surface area contributed by atoms with Gasteiger partial charge >= 0.3 is 6.09 Å². The topological polar surface area (TPSA) is 66.4 Å². The molecule has 0 aliphatic carbocycles. The Morgan fingerprint density at radius 3 is 2.37 bits per heavy atom. The number of rotatable bonds is 3. The van der Waals surface area contributed by atoms with Crippen LogP contribution in [0.2, 0.25) is 0 Å². The molecule has 0 saturated carbocycles. The zero-order valence-electron chi connectivity index (χ0n) is 9.76. The second-order valence-electron chi connectivity index (χ2n) is 3.86. The zero-order chi connectivity index (χ0) is 13.8. The van der Waals surface area contributed by atoms with Gasteiger partial charge in [0.15, 0.2) is 0 Å². The van der Waals surface area contributed by atoms with Crippen molar-refractivity contribution in [1.82, 2.24) is 0 Å². The number of benzene rings is 2. The quantitative estimate of drug-likeness (QED) is 0.830. The summed E-state index contributed by atoms with van der Waals surface area (Å²) in [5.74, 6) is -0.537. The highest BCUT2D eigenvalue weighted by molar-refractivity contribution is 5.83. The van der Waals surface area contributed by atoms with Gasteiger partial charge in [-0.3, -0.25) is 10.1 Å². The molecule has 96 valence electrons. The molecule has 0 unspecified atom stereocenters. The van der Waals surface area contributed by atoms with Gasteiger partial charge in [0.25, 0.3) is 0 Å². The average Bonchev–Trinajstić information content (AvgIpc) is 2.38. The van der Waals surface area contributed by atoms with E-state index in [2.05, 4.69) is 5.32 Å². The highest BCUT2D eigenvalue weighted by Gasteiger charge is 2.07. The van der Waals surface area contributed by atoms with Gasteiger partial charge in [0.1, 0.15) is 12.1 Å². The Bertz CT molecular complexity index is 623. The first-order chi connectivity index (χ1) is 9.10. The van der Waals surface area contributed by atoms with Gasteiger partial charge in [-0.2, -0.15) is 0 Å². The van der Waals surface area contributed by atoms with Crippen LogP contribution in [0, 0.1) is 5.82 Å². The molecule has 2 aromatic rings. The van der Waals surface area contributed by atoms with Crippen molar-refractivity contribution in [2.24, 2.45) is 0 Å². The third-order valence-electron chi connectivity index (χ3n) is 2.58. The fraction of sp³-hybridized carbons (Fsp3) is 0. The molecule has 0 bridgehead atoms. The minimum Gasteiger partial charge on any atom is -0.465 e. The number of halogens is 1. The van der Waals surface area contributed by atoms with Gasteiger partial charge in [-0.25, -0.2) is 9.18 Å². The molecule has 0 aromatic heterocycles. The van der Waals surface area contributed by atoms with Crippen molar-refractivity contribution in [3.05, 3.63) is 53.8 Å². The van der Waals surface area contributed by atoms with Crippen LogP contribution < -0.4 is 5.32 Å². The van der Waals surface area contributed by atoms with Crippen LogP contribution in [0.25, 0.3) is 11.1 Å². The monoisotopic (exact) mass is 259 g/mol. The molecule has 0 saturated heterocycles. The SMILES string of the molecule is O=Cc1ccc(-c2ccc(NC(=O)O)cc2F)cc1. The van der Waals surface area contributed by atoms with Crippen molar-refractivity contribution in [1.29, 1.82) is 0 Å². The third-order valence-corrected chi connectivity index (χ3v) is 2.58. The van der Waals surface area contributed by atoms with Crippen molar-refractivity contribution in [3.63, 3.8) is 0 Å². The van der Waals surface area contributed by atoms with E-state index in [1.165, 1.54) is 12.1 Å². The maximum Gasteiger partial charge on any atom is 0.409 e. The minimum absolute atomic E-state index is 0.165. The maximum absolute atomic E-state index is 13.9. The third kappa shape index (κ3) is 2.95. The van der Waals surface area contributed by atoms with Crippen molar-refractivity contribution in [2.45, 2.75) is 0 Å². The molecule has 0 atom stereocenters. The standard InChI is InChI=1S/C14H10FNO3/c15-13-7-11(16-14(18)19)5-6-12(13)10-3-1-9(8-17)2-4-10/h1-8,16H,(H,18,19). The van der Waals surface area contributed by atoms with E-state index in [1.807, 2.05) is 0 Å². The Morgan fingerprint density at radius 1 is 1.16 bits per heavy atom. The van der Waals surface area contributed by atoms with E-state index < -0.39 is 11.9 Å². The lowest BCUT2D eigenvalue weighted by molar-refractivity contribution is 0.112. The Morgan fingerprint density at radius 2 is 1.84 bits per heavy atom. The van der Waals surface area contributed by atoms with E-state index in [1.54, 1.807) is 24.3 Å². The number of hydrogen-bond acceptors (Lipinski definition) is 2. The van der Waals surface area contributed by atoms with Crippen LogP contribution in [0.4, 0.5) is 14.9 Å². The van der Waals surface area contributed by atoms with Crippen LogP contribution >= 0.6 is 0 Å². The second kappa shape index (κ2) is 5.30. The number of nitrogens with one attached hydrogen (secondary N) is 1. The number of carbonyl (C=O) groups excluding carboxylic acids is 1. The van der Waals surface area contributed by atoms with Gasteiger partial charge < -0.3 is 5.11 Å². The number of aldehydes is 1. The summed E-state index contributed by atoms with van der Waals surface area (Å²) in [5, 5.41) is 10.6. The summed E-state index contributed by atoms with van der Waals surface area (Å²) in [5.41, 5.74) is 1.63. The highest BCUT2D eigenvalue weighted by atomic mass is 19.1. The molecule has 4 nitrogen and oxygen atoms in total. The summed E-state index contributed by atoms with van der Waals surface area (Å²) in [7, 11) is 0. The molecule has 19 heavy (non-hydrogen) atoms. The van der Waals surface area contributed by atoms with Gasteiger partial charge in [0.2, 0.25) is 0 Å². The second-order valence-corrected chi connectivity index (χ2v) is 3.86. The van der Waals surface area contributed by atoms with Gasteiger partial charge in [-0.15, -0.1) is 0 Å². The van der Waals surface area contributed by atoms with Crippen LogP contribution in [0.5, 0.6) is 0 Å². The normalized spacial score (nSPS) is 9.95. The van der Waals surface area contributed by atoms with Crippen LogP contribution in [0.3, 0.4) is 0 Å². The zero-order valence-corrected chi connectivity index (χ0v) is 9.76. The first-order valence-electron chi connectivity index (χ1n) is 5.45. The lowest BCUT2D eigenvalue weighted by atomic mass is 10.0. The molecule has 0 aliphatic rings. The maximum atomic E-state index is 13.9. The number of carbonyl (C=O) groups is 2. The summed E-state index contributed by atoms with van der Waals surface area (Å²) >= 11 is 0. The molecule has 0 heterocycles. The number of carboxylic acid groups (broad SMARTS) is 1. The average molecular weight is 259 g/mol.